The van der Waals surface area contributed by atoms with Gasteiger partial charge in [0.25, 0.3) is 0 Å². The number of rotatable bonds is 5. The van der Waals surface area contributed by atoms with Crippen LogP contribution in [-0.4, -0.2) is 25.7 Å². The summed E-state index contributed by atoms with van der Waals surface area (Å²) in [7, 11) is 0. The third-order valence-electron chi connectivity index (χ3n) is 5.36. The Hall–Kier alpha value is -1.67. The third kappa shape index (κ3) is 3.48. The van der Waals surface area contributed by atoms with Gasteiger partial charge in [-0.1, -0.05) is 13.0 Å². The van der Waals surface area contributed by atoms with Crippen molar-refractivity contribution < 1.29 is 13.9 Å². The molecule has 0 spiro atoms. The molecule has 5 heteroatoms. The summed E-state index contributed by atoms with van der Waals surface area (Å²) in [5, 5.41) is 13.1. The van der Waals surface area contributed by atoms with Gasteiger partial charge in [0.15, 0.2) is 0 Å². The lowest BCUT2D eigenvalue weighted by molar-refractivity contribution is -0.143. The molecular formula is C18H25FN2O2. The number of carbonyl (C=O) groups excluding carboxylic acids is 1. The van der Waals surface area contributed by atoms with Crippen LogP contribution in [0.15, 0.2) is 24.1 Å². The molecule has 2 atom stereocenters. The van der Waals surface area contributed by atoms with E-state index >= 15 is 0 Å². The van der Waals surface area contributed by atoms with Crippen molar-refractivity contribution in [3.63, 3.8) is 0 Å². The molecule has 0 radical (unpaired) electrons. The summed E-state index contributed by atoms with van der Waals surface area (Å²) < 4.78 is 19.0. The van der Waals surface area contributed by atoms with Crippen molar-refractivity contribution in [2.45, 2.75) is 39.5 Å². The van der Waals surface area contributed by atoms with Crippen LogP contribution in [0.1, 0.15) is 39.5 Å². The van der Waals surface area contributed by atoms with Crippen molar-refractivity contribution in [1.29, 1.82) is 5.26 Å². The second-order valence-electron chi connectivity index (χ2n) is 6.57. The number of allylic oxidation sites excluding steroid dienone is 4. The highest BCUT2D eigenvalue weighted by molar-refractivity contribution is 5.69. The molecular weight excluding hydrogens is 295 g/mol. The van der Waals surface area contributed by atoms with Gasteiger partial charge in [0.05, 0.1) is 18.1 Å². The van der Waals surface area contributed by atoms with Crippen molar-refractivity contribution in [1.82, 2.24) is 5.32 Å². The molecule has 1 heterocycles. The quantitative estimate of drug-likeness (QED) is 0.790. The number of carbonyl (C=O) groups is 1. The van der Waals surface area contributed by atoms with E-state index in [4.69, 9.17) is 4.74 Å². The average Bonchev–Trinajstić information content (AvgIpc) is 2.55. The second kappa shape index (κ2) is 7.27. The zero-order chi connectivity index (χ0) is 16.9. The molecule has 1 fully saturated rings. The summed E-state index contributed by atoms with van der Waals surface area (Å²) in [6.07, 6.45) is 7.08. The van der Waals surface area contributed by atoms with E-state index < -0.39 is 10.8 Å². The van der Waals surface area contributed by atoms with E-state index in [9.17, 15) is 14.4 Å². The molecule has 2 unspecified atom stereocenters. The molecule has 23 heavy (non-hydrogen) atoms. The fourth-order valence-corrected chi connectivity index (χ4v) is 3.87. The Morgan fingerprint density at radius 3 is 2.83 bits per heavy atom. The molecule has 0 aromatic heterocycles. The Kier molecular flexibility index (Phi) is 5.59. The van der Waals surface area contributed by atoms with E-state index in [1.54, 1.807) is 13.0 Å². The fraction of sp³-hybridized carbons (Fsp3) is 0.667. The molecule has 4 nitrogen and oxygen atoms in total. The van der Waals surface area contributed by atoms with Crippen molar-refractivity contribution in [3.05, 3.63) is 24.1 Å². The first-order chi connectivity index (χ1) is 11.0. The maximum absolute atomic E-state index is 14.0. The molecule has 0 saturated carbocycles. The Balaban J connectivity index is 2.24. The Labute approximate surface area is 137 Å². The summed E-state index contributed by atoms with van der Waals surface area (Å²) in [5.41, 5.74) is -1.23. The summed E-state index contributed by atoms with van der Waals surface area (Å²) in [4.78, 5) is 11.7. The van der Waals surface area contributed by atoms with Crippen LogP contribution < -0.4 is 5.32 Å². The zero-order valence-electron chi connectivity index (χ0n) is 13.9. The van der Waals surface area contributed by atoms with Crippen LogP contribution in [0.3, 0.4) is 0 Å². The number of hydrogen-bond acceptors (Lipinski definition) is 4. The van der Waals surface area contributed by atoms with Gasteiger partial charge in [-0.2, -0.15) is 5.26 Å². The first-order valence-corrected chi connectivity index (χ1v) is 8.31. The molecule has 1 aliphatic heterocycles. The molecule has 1 aliphatic carbocycles. The van der Waals surface area contributed by atoms with Crippen LogP contribution in [0.25, 0.3) is 0 Å². The lowest BCUT2D eigenvalue weighted by Gasteiger charge is -2.49. The standard InChI is InChI=1S/C18H25FN2O2/c1-3-23-16(22)7-5-14-4-6-15(19)12-17(14,2)18(13-20)8-10-21-11-9-18/h4,6,12,14,21H,3,5,7-11H2,1-2H3. The number of nitrogens with one attached hydrogen (secondary N) is 1. The predicted molar refractivity (Wildman–Crippen MR) is 85.9 cm³/mol. The van der Waals surface area contributed by atoms with Crippen molar-refractivity contribution in [2.24, 2.45) is 16.7 Å². The first-order valence-electron chi connectivity index (χ1n) is 8.31. The molecule has 0 bridgehead atoms. The lowest BCUT2D eigenvalue weighted by Crippen LogP contribution is -2.49. The van der Waals surface area contributed by atoms with E-state index in [0.29, 0.717) is 25.9 Å². The summed E-state index contributed by atoms with van der Waals surface area (Å²) in [6, 6.07) is 2.49. The largest absolute Gasteiger partial charge is 0.466 e. The fourth-order valence-electron chi connectivity index (χ4n) is 3.87. The van der Waals surface area contributed by atoms with Crippen LogP contribution in [0.5, 0.6) is 0 Å². The molecule has 2 aliphatic rings. The molecule has 2 rings (SSSR count). The molecule has 1 N–H and O–H groups in total. The van der Waals surface area contributed by atoms with Gasteiger partial charge in [-0.15, -0.1) is 0 Å². The minimum Gasteiger partial charge on any atom is -0.466 e. The first kappa shape index (κ1) is 17.7. The van der Waals surface area contributed by atoms with Crippen molar-refractivity contribution in [3.8, 4) is 6.07 Å². The van der Waals surface area contributed by atoms with E-state index in [0.717, 1.165) is 13.1 Å². The summed E-state index contributed by atoms with van der Waals surface area (Å²) in [5.74, 6) is -0.591. The van der Waals surface area contributed by atoms with Crippen LogP contribution in [-0.2, 0) is 9.53 Å². The number of piperidine rings is 1. The zero-order valence-corrected chi connectivity index (χ0v) is 13.9. The van der Waals surface area contributed by atoms with Crippen LogP contribution in [0.2, 0.25) is 0 Å². The van der Waals surface area contributed by atoms with Gasteiger partial charge in [0, 0.05) is 11.8 Å². The van der Waals surface area contributed by atoms with Crippen LogP contribution >= 0.6 is 0 Å². The highest BCUT2D eigenvalue weighted by Gasteiger charge is 2.52. The second-order valence-corrected chi connectivity index (χ2v) is 6.57. The Morgan fingerprint density at radius 1 is 1.52 bits per heavy atom. The minimum atomic E-state index is -0.616. The Bertz CT molecular complexity index is 544. The molecule has 0 aromatic carbocycles. The topological polar surface area (TPSA) is 62.1 Å². The number of halogens is 1. The number of ether oxygens (including phenoxy) is 1. The maximum atomic E-state index is 14.0. The van der Waals surface area contributed by atoms with Crippen molar-refractivity contribution in [2.75, 3.05) is 19.7 Å². The Morgan fingerprint density at radius 2 is 2.22 bits per heavy atom. The smallest absolute Gasteiger partial charge is 0.305 e. The van der Waals surface area contributed by atoms with Gasteiger partial charge < -0.3 is 10.1 Å². The number of esters is 1. The third-order valence-corrected chi connectivity index (χ3v) is 5.36. The SMILES string of the molecule is CCOC(=O)CCC1C=CC(F)=CC1(C)C1(C#N)CCNCC1. The minimum absolute atomic E-state index is 0.0517. The number of nitriles is 1. The number of hydrogen-bond donors (Lipinski definition) is 1. The highest BCUT2D eigenvalue weighted by Crippen LogP contribution is 2.55. The van der Waals surface area contributed by atoms with Crippen LogP contribution in [0, 0.1) is 28.1 Å². The molecule has 0 aromatic rings. The van der Waals surface area contributed by atoms with Crippen LogP contribution in [0.4, 0.5) is 4.39 Å². The average molecular weight is 320 g/mol. The van der Waals surface area contributed by atoms with Gasteiger partial charge in [0.1, 0.15) is 5.83 Å². The van der Waals surface area contributed by atoms with E-state index in [1.165, 1.54) is 6.08 Å². The molecule has 126 valence electrons. The highest BCUT2D eigenvalue weighted by atomic mass is 19.1. The monoisotopic (exact) mass is 320 g/mol. The normalized spacial score (nSPS) is 29.5. The van der Waals surface area contributed by atoms with Crippen molar-refractivity contribution >= 4 is 5.97 Å². The molecule has 1 saturated heterocycles. The lowest BCUT2D eigenvalue weighted by atomic mass is 9.53. The predicted octanol–water partition coefficient (Wildman–Crippen LogP) is 3.27. The van der Waals surface area contributed by atoms with Gasteiger partial charge in [-0.05, 0) is 57.3 Å². The molecule has 0 amide bonds. The van der Waals surface area contributed by atoms with E-state index in [2.05, 4.69) is 11.4 Å². The summed E-state index contributed by atoms with van der Waals surface area (Å²) >= 11 is 0. The van der Waals surface area contributed by atoms with E-state index in [-0.39, 0.29) is 24.1 Å². The van der Waals surface area contributed by atoms with Gasteiger partial charge >= 0.3 is 5.97 Å². The van der Waals surface area contributed by atoms with Gasteiger partial charge in [-0.25, -0.2) is 4.39 Å². The number of nitrogens with zero attached hydrogens (tertiary/aromatic N) is 1. The van der Waals surface area contributed by atoms with Gasteiger partial charge in [-0.3, -0.25) is 4.79 Å². The van der Waals surface area contributed by atoms with E-state index in [1.807, 2.05) is 13.0 Å². The maximum Gasteiger partial charge on any atom is 0.305 e. The summed E-state index contributed by atoms with van der Waals surface area (Å²) in [6.45, 7) is 5.61. The van der Waals surface area contributed by atoms with Gasteiger partial charge in [0.2, 0.25) is 0 Å².